The lowest BCUT2D eigenvalue weighted by molar-refractivity contribution is -0.137. The number of nitrogens with one attached hydrogen (secondary N) is 2. The number of rotatable bonds is 6. The summed E-state index contributed by atoms with van der Waals surface area (Å²) in [4.78, 5) is 21.7. The van der Waals surface area contributed by atoms with E-state index in [1.165, 1.54) is 0 Å². The number of hydrogen-bond donors (Lipinski definition) is 2. The molecular formula is C29H25F3N8O2S. The Hall–Kier alpha value is -4.85. The van der Waals surface area contributed by atoms with Crippen molar-refractivity contribution in [2.75, 3.05) is 16.6 Å². The Balaban J connectivity index is 1.34. The maximum atomic E-state index is 13.1. The molecule has 0 bridgehead atoms. The summed E-state index contributed by atoms with van der Waals surface area (Å²) in [5, 5.41) is 3.41. The monoisotopic (exact) mass is 606 g/mol. The van der Waals surface area contributed by atoms with E-state index in [0.717, 1.165) is 52.1 Å². The van der Waals surface area contributed by atoms with Crippen LogP contribution in [0.15, 0.2) is 72.1 Å². The molecule has 220 valence electrons. The Kier molecular flexibility index (Phi) is 7.08. The second kappa shape index (κ2) is 10.8. The predicted molar refractivity (Wildman–Crippen MR) is 155 cm³/mol. The van der Waals surface area contributed by atoms with Gasteiger partial charge < -0.3 is 9.88 Å². The molecule has 1 aromatic carbocycles. The van der Waals surface area contributed by atoms with Crippen molar-refractivity contribution in [3.05, 3.63) is 95.3 Å². The van der Waals surface area contributed by atoms with Crippen LogP contribution in [0, 0.1) is 13.8 Å². The number of aryl methyl sites for hydroxylation is 2. The maximum absolute atomic E-state index is 13.1. The highest BCUT2D eigenvalue weighted by molar-refractivity contribution is 7.91. The predicted octanol–water partition coefficient (Wildman–Crippen LogP) is 5.08. The van der Waals surface area contributed by atoms with Crippen molar-refractivity contribution in [1.82, 2.24) is 24.5 Å². The quantitative estimate of drug-likeness (QED) is 0.276. The third-order valence-corrected chi connectivity index (χ3v) is 8.11. The van der Waals surface area contributed by atoms with Crippen LogP contribution in [0.5, 0.6) is 0 Å². The van der Waals surface area contributed by atoms with E-state index in [1.807, 2.05) is 30.5 Å². The molecule has 0 amide bonds. The first-order chi connectivity index (χ1) is 20.4. The minimum Gasteiger partial charge on any atom is -0.369 e. The summed E-state index contributed by atoms with van der Waals surface area (Å²) >= 11 is 0. The highest BCUT2D eigenvalue weighted by Crippen LogP contribution is 2.39. The first-order valence-corrected chi connectivity index (χ1v) is 14.9. The fourth-order valence-corrected chi connectivity index (χ4v) is 6.06. The van der Waals surface area contributed by atoms with Gasteiger partial charge in [0.05, 0.1) is 16.9 Å². The Morgan fingerprint density at radius 1 is 1.00 bits per heavy atom. The second-order valence-electron chi connectivity index (χ2n) is 10.1. The van der Waals surface area contributed by atoms with Crippen LogP contribution in [-0.4, -0.2) is 39.5 Å². The second-order valence-corrected chi connectivity index (χ2v) is 11.8. The number of anilines is 2. The Bertz CT molecular complexity index is 2010. The Labute approximate surface area is 244 Å². The topological polar surface area (TPSA) is 127 Å². The van der Waals surface area contributed by atoms with E-state index >= 15 is 0 Å². The number of halogens is 3. The van der Waals surface area contributed by atoms with Gasteiger partial charge >= 0.3 is 6.18 Å². The van der Waals surface area contributed by atoms with Crippen molar-refractivity contribution in [2.45, 2.75) is 32.3 Å². The zero-order chi connectivity index (χ0) is 30.4. The molecule has 2 N–H and O–H groups in total. The summed E-state index contributed by atoms with van der Waals surface area (Å²) in [6.07, 6.45) is -0.276. The van der Waals surface area contributed by atoms with Gasteiger partial charge in [-0.3, -0.25) is 14.7 Å². The number of fused-ring (bicyclic) bond motifs is 3. The summed E-state index contributed by atoms with van der Waals surface area (Å²) < 4.78 is 69.7. The molecule has 3 aromatic rings. The first kappa shape index (κ1) is 28.3. The highest BCUT2D eigenvalue weighted by Gasteiger charge is 2.31. The normalized spacial score (nSPS) is 13.7. The van der Waals surface area contributed by atoms with Crippen molar-refractivity contribution in [3.63, 3.8) is 0 Å². The summed E-state index contributed by atoms with van der Waals surface area (Å²) in [7, 11) is -4.08. The van der Waals surface area contributed by atoms with Gasteiger partial charge in [0.2, 0.25) is 10.0 Å². The summed E-state index contributed by atoms with van der Waals surface area (Å²) in [6.45, 7) is 5.11. The fraction of sp³-hybridized carbons (Fsp3) is 0.207. The average Bonchev–Trinajstić information content (AvgIpc) is 3.44. The van der Waals surface area contributed by atoms with Crippen molar-refractivity contribution in [3.8, 4) is 22.5 Å². The van der Waals surface area contributed by atoms with Gasteiger partial charge in [-0.15, -0.1) is 0 Å². The van der Waals surface area contributed by atoms with E-state index in [0.29, 0.717) is 30.2 Å². The van der Waals surface area contributed by atoms with Crippen molar-refractivity contribution < 1.29 is 21.6 Å². The molecule has 0 spiro atoms. The molecule has 3 aliphatic rings. The highest BCUT2D eigenvalue weighted by atomic mass is 32.2. The van der Waals surface area contributed by atoms with E-state index in [-0.39, 0.29) is 11.4 Å². The van der Waals surface area contributed by atoms with Crippen LogP contribution in [0.2, 0.25) is 0 Å². The number of benzene rings is 1. The molecule has 0 fully saturated rings. The largest absolute Gasteiger partial charge is 0.416 e. The van der Waals surface area contributed by atoms with E-state index in [1.54, 1.807) is 36.7 Å². The molecular weight excluding hydrogens is 581 g/mol. The lowest BCUT2D eigenvalue weighted by Crippen LogP contribution is -2.18. The third-order valence-electron chi connectivity index (χ3n) is 6.88. The molecule has 0 unspecified atom stereocenters. The van der Waals surface area contributed by atoms with Gasteiger partial charge in [-0.25, -0.2) is 18.4 Å². The molecule has 0 radical (unpaired) electrons. The third kappa shape index (κ3) is 6.04. The fourth-order valence-electron chi connectivity index (χ4n) is 4.96. The zero-order valence-electron chi connectivity index (χ0n) is 23.0. The number of alkyl halides is 3. The molecule has 0 saturated carbocycles. The van der Waals surface area contributed by atoms with Crippen molar-refractivity contribution >= 4 is 27.2 Å². The molecule has 3 aliphatic heterocycles. The van der Waals surface area contributed by atoms with Crippen LogP contribution in [0.1, 0.15) is 22.5 Å². The first-order valence-electron chi connectivity index (χ1n) is 13.2. The molecule has 0 aliphatic carbocycles. The van der Waals surface area contributed by atoms with E-state index < -0.39 is 27.5 Å². The van der Waals surface area contributed by atoms with Gasteiger partial charge in [0.25, 0.3) is 5.62 Å². The van der Waals surface area contributed by atoms with Crippen molar-refractivity contribution in [2.24, 2.45) is 4.99 Å². The molecule has 43 heavy (non-hydrogen) atoms. The number of nitrogens with zero attached hydrogens (tertiary/aromatic N) is 6. The average molecular weight is 607 g/mol. The lowest BCUT2D eigenvalue weighted by atomic mass is 9.98. The van der Waals surface area contributed by atoms with Gasteiger partial charge in [0.15, 0.2) is 0 Å². The van der Waals surface area contributed by atoms with Crippen LogP contribution in [0.25, 0.3) is 22.5 Å². The van der Waals surface area contributed by atoms with Gasteiger partial charge in [-0.1, -0.05) is 6.07 Å². The lowest BCUT2D eigenvalue weighted by Gasteiger charge is -2.19. The molecule has 6 rings (SSSR count). The SMILES string of the molecule is Cc1cc(N=c2ncc3cc(-c4cc(NS(=O)(=O)Cc5cc(C(F)(F)F)ccn5)ccc4C)c4n(c-3n2)CCN4)ccn1. The van der Waals surface area contributed by atoms with E-state index in [4.69, 9.17) is 4.98 Å². The summed E-state index contributed by atoms with van der Waals surface area (Å²) in [5.74, 6) is 0.798. The smallest absolute Gasteiger partial charge is 0.369 e. The Morgan fingerprint density at radius 3 is 2.60 bits per heavy atom. The molecule has 10 nitrogen and oxygen atoms in total. The molecule has 0 atom stereocenters. The Morgan fingerprint density at radius 2 is 1.81 bits per heavy atom. The van der Waals surface area contributed by atoms with Crippen molar-refractivity contribution in [1.29, 1.82) is 0 Å². The number of aromatic nitrogens is 5. The van der Waals surface area contributed by atoms with Crippen LogP contribution < -0.4 is 15.7 Å². The van der Waals surface area contributed by atoms with Gasteiger partial charge in [0.1, 0.15) is 17.4 Å². The molecule has 0 saturated heterocycles. The zero-order valence-corrected chi connectivity index (χ0v) is 23.8. The van der Waals surface area contributed by atoms with Crippen LogP contribution in [0.4, 0.5) is 30.4 Å². The van der Waals surface area contributed by atoms with Crippen LogP contribution >= 0.6 is 0 Å². The van der Waals surface area contributed by atoms with Crippen LogP contribution in [-0.2, 0) is 28.5 Å². The molecule has 5 heterocycles. The minimum atomic E-state index is -4.60. The number of sulfonamides is 1. The van der Waals surface area contributed by atoms with E-state index in [9.17, 15) is 21.6 Å². The maximum Gasteiger partial charge on any atom is 0.416 e. The number of hydrogen-bond acceptors (Lipinski definition) is 8. The molecule has 2 aromatic heterocycles. The van der Waals surface area contributed by atoms with Gasteiger partial charge in [-0.2, -0.15) is 18.2 Å². The van der Waals surface area contributed by atoms with Crippen LogP contribution in [0.3, 0.4) is 0 Å². The van der Waals surface area contributed by atoms with Gasteiger partial charge in [0, 0.05) is 54.2 Å². The summed E-state index contributed by atoms with van der Waals surface area (Å²) in [5.41, 5.74) is 4.18. The minimum absolute atomic E-state index is 0.215. The van der Waals surface area contributed by atoms with E-state index in [2.05, 4.69) is 30.0 Å². The standard InChI is InChI=1S/C29H25F3N8O2S/c1-17-3-4-22(39-43(41,42)16-23-13-20(5-7-34-23)29(30,31)32)14-24(17)25-12-19-15-36-28(37-21-6-8-33-18(2)11-21)38-26(19)40-10-9-35-27(25)40/h3-8,11-15,35,39H,9-10,16H2,1-2H3. The molecule has 14 heteroatoms. The number of pyridine rings is 3. The summed E-state index contributed by atoms with van der Waals surface area (Å²) in [6, 6.07) is 12.2. The van der Waals surface area contributed by atoms with Gasteiger partial charge in [-0.05, 0) is 67.4 Å².